The third kappa shape index (κ3) is 3.57. The Hall–Kier alpha value is -0.820. The first-order valence-corrected chi connectivity index (χ1v) is 9.85. The van der Waals surface area contributed by atoms with Crippen LogP contribution < -0.4 is 5.32 Å². The van der Waals surface area contributed by atoms with Gasteiger partial charge in [-0.2, -0.15) is 0 Å². The van der Waals surface area contributed by atoms with Crippen molar-refractivity contribution in [3.63, 3.8) is 0 Å². The molecule has 2 aliphatic rings. The highest BCUT2D eigenvalue weighted by Gasteiger charge is 2.40. The van der Waals surface area contributed by atoms with E-state index in [0.29, 0.717) is 21.5 Å². The summed E-state index contributed by atoms with van der Waals surface area (Å²) in [5.74, 6) is -0.0978. The zero-order valence-electron chi connectivity index (χ0n) is 13.7. The van der Waals surface area contributed by atoms with Crippen molar-refractivity contribution in [1.29, 1.82) is 0 Å². The summed E-state index contributed by atoms with van der Waals surface area (Å²) in [5, 5.41) is 3.82. The van der Waals surface area contributed by atoms with Crippen LogP contribution in [0.15, 0.2) is 23.1 Å². The molecule has 0 aliphatic carbocycles. The lowest BCUT2D eigenvalue weighted by Gasteiger charge is -2.33. The summed E-state index contributed by atoms with van der Waals surface area (Å²) >= 11 is 6.03. The van der Waals surface area contributed by atoms with Crippen LogP contribution in [0.1, 0.15) is 31.4 Å². The average Bonchev–Trinajstić information content (AvgIpc) is 2.76. The van der Waals surface area contributed by atoms with Crippen LogP contribution in [0.2, 0.25) is 5.02 Å². The zero-order valence-corrected chi connectivity index (χ0v) is 16.0. The smallest absolute Gasteiger partial charge is 0.226 e. The minimum Gasteiger partial charge on any atom is -0.337 e. The molecule has 1 amide bonds. The van der Waals surface area contributed by atoms with Gasteiger partial charge in [-0.25, -0.2) is 8.42 Å². The Morgan fingerprint density at radius 1 is 1.38 bits per heavy atom. The quantitative estimate of drug-likeness (QED) is 0.838. The lowest BCUT2D eigenvalue weighted by molar-refractivity contribution is -0.137. The van der Waals surface area contributed by atoms with E-state index in [1.165, 1.54) is 6.07 Å². The minimum absolute atomic E-state index is 0. The highest BCUT2D eigenvalue weighted by Crippen LogP contribution is 2.39. The van der Waals surface area contributed by atoms with Crippen molar-refractivity contribution in [3.05, 3.63) is 28.8 Å². The third-order valence-corrected chi connectivity index (χ3v) is 6.86. The molecule has 0 radical (unpaired) electrons. The SMILES string of the molecule is C[C@H]1C[C@@H](C(=O)N(C)C2CS(=O)(=O)c3ccc(Cl)cc32)CCN1.Cl. The molecule has 2 heterocycles. The van der Waals surface area contributed by atoms with Gasteiger partial charge in [0.1, 0.15) is 0 Å². The molecule has 1 aromatic rings. The summed E-state index contributed by atoms with van der Waals surface area (Å²) in [6.45, 7) is 2.88. The zero-order chi connectivity index (χ0) is 16.8. The van der Waals surface area contributed by atoms with Gasteiger partial charge in [-0.15, -0.1) is 12.4 Å². The highest BCUT2D eigenvalue weighted by atomic mass is 35.5. The first-order chi connectivity index (χ1) is 10.8. The van der Waals surface area contributed by atoms with Gasteiger partial charge in [-0.1, -0.05) is 11.6 Å². The molecule has 8 heteroatoms. The van der Waals surface area contributed by atoms with Crippen molar-refractivity contribution in [3.8, 4) is 0 Å². The number of halogens is 2. The maximum atomic E-state index is 12.8. The number of amides is 1. The van der Waals surface area contributed by atoms with Crippen molar-refractivity contribution in [2.45, 2.75) is 36.7 Å². The lowest BCUT2D eigenvalue weighted by atomic mass is 9.91. The molecule has 1 N–H and O–H groups in total. The molecule has 0 bridgehead atoms. The molecule has 1 fully saturated rings. The number of rotatable bonds is 2. The van der Waals surface area contributed by atoms with E-state index in [2.05, 4.69) is 12.2 Å². The van der Waals surface area contributed by atoms with E-state index in [9.17, 15) is 13.2 Å². The molecule has 1 aromatic carbocycles. The van der Waals surface area contributed by atoms with Gasteiger partial charge in [0.15, 0.2) is 9.84 Å². The second-order valence-corrected chi connectivity index (χ2v) is 8.94. The monoisotopic (exact) mass is 392 g/mol. The Morgan fingerprint density at radius 2 is 2.08 bits per heavy atom. The Labute approximate surface area is 154 Å². The van der Waals surface area contributed by atoms with E-state index in [-0.39, 0.29) is 30.0 Å². The fraction of sp³-hybridized carbons (Fsp3) is 0.562. The summed E-state index contributed by atoms with van der Waals surface area (Å²) in [6, 6.07) is 4.64. The molecule has 5 nitrogen and oxygen atoms in total. The summed E-state index contributed by atoms with van der Waals surface area (Å²) in [7, 11) is -1.66. The number of benzene rings is 1. The fourth-order valence-electron chi connectivity index (χ4n) is 3.57. The van der Waals surface area contributed by atoms with Crippen molar-refractivity contribution >= 4 is 39.8 Å². The molecule has 24 heavy (non-hydrogen) atoms. The number of nitrogens with zero attached hydrogens (tertiary/aromatic N) is 1. The summed E-state index contributed by atoms with van der Waals surface area (Å²) in [4.78, 5) is 14.7. The molecule has 3 rings (SSSR count). The van der Waals surface area contributed by atoms with E-state index < -0.39 is 15.9 Å². The van der Waals surface area contributed by atoms with Crippen molar-refractivity contribution < 1.29 is 13.2 Å². The van der Waals surface area contributed by atoms with Crippen LogP contribution in [-0.4, -0.2) is 44.6 Å². The second kappa shape index (κ2) is 7.20. The standard InChI is InChI=1S/C16H21ClN2O3S.ClH/c1-10-7-11(5-6-18-10)16(20)19(2)14-9-23(21,22)15-4-3-12(17)8-13(14)15;/h3-4,8,10-11,14,18H,5-7,9H2,1-2H3;1H/t10-,11-,14?;/m0./s1. The van der Waals surface area contributed by atoms with E-state index in [1.807, 2.05) is 0 Å². The molecule has 2 aliphatic heterocycles. The molecular formula is C16H22Cl2N2O3S. The predicted molar refractivity (Wildman–Crippen MR) is 96.5 cm³/mol. The van der Waals surface area contributed by atoms with Gasteiger partial charge in [0.05, 0.1) is 16.7 Å². The maximum absolute atomic E-state index is 12.8. The van der Waals surface area contributed by atoms with Gasteiger partial charge in [0.2, 0.25) is 5.91 Å². The van der Waals surface area contributed by atoms with Gasteiger partial charge >= 0.3 is 0 Å². The van der Waals surface area contributed by atoms with Gasteiger partial charge in [0, 0.05) is 24.0 Å². The van der Waals surface area contributed by atoms with Crippen molar-refractivity contribution in [2.24, 2.45) is 5.92 Å². The highest BCUT2D eigenvalue weighted by molar-refractivity contribution is 7.91. The van der Waals surface area contributed by atoms with Crippen LogP contribution in [0.3, 0.4) is 0 Å². The predicted octanol–water partition coefficient (Wildman–Crippen LogP) is 2.44. The van der Waals surface area contributed by atoms with Gasteiger partial charge in [0.25, 0.3) is 0 Å². The normalized spacial score (nSPS) is 27.9. The first-order valence-electron chi connectivity index (χ1n) is 7.82. The van der Waals surface area contributed by atoms with Crippen LogP contribution in [0.25, 0.3) is 0 Å². The average molecular weight is 393 g/mol. The molecule has 3 atom stereocenters. The van der Waals surface area contributed by atoms with Gasteiger partial charge in [-0.3, -0.25) is 4.79 Å². The molecule has 0 aromatic heterocycles. The first kappa shape index (κ1) is 19.5. The van der Waals surface area contributed by atoms with E-state index in [4.69, 9.17) is 11.6 Å². The number of carbonyl (C=O) groups excluding carboxylic acids is 1. The summed E-state index contributed by atoms with van der Waals surface area (Å²) in [5.41, 5.74) is 0.635. The van der Waals surface area contributed by atoms with E-state index in [1.54, 1.807) is 24.1 Å². The number of nitrogens with one attached hydrogen (secondary N) is 1. The Kier molecular flexibility index (Phi) is 5.85. The van der Waals surface area contributed by atoms with Crippen molar-refractivity contribution in [2.75, 3.05) is 19.3 Å². The van der Waals surface area contributed by atoms with Crippen LogP contribution in [0, 0.1) is 5.92 Å². The molecule has 1 unspecified atom stereocenters. The Balaban J connectivity index is 0.00000208. The van der Waals surface area contributed by atoms with Gasteiger partial charge < -0.3 is 10.2 Å². The van der Waals surface area contributed by atoms with E-state index >= 15 is 0 Å². The summed E-state index contributed by atoms with van der Waals surface area (Å²) < 4.78 is 24.7. The second-order valence-electron chi connectivity index (χ2n) is 6.50. The number of hydrogen-bond acceptors (Lipinski definition) is 4. The molecule has 1 saturated heterocycles. The number of fused-ring (bicyclic) bond motifs is 1. The fourth-order valence-corrected chi connectivity index (χ4v) is 5.58. The van der Waals surface area contributed by atoms with Gasteiger partial charge in [-0.05, 0) is 50.1 Å². The number of hydrogen-bond donors (Lipinski definition) is 1. The van der Waals surface area contributed by atoms with Crippen molar-refractivity contribution in [1.82, 2.24) is 10.2 Å². The topological polar surface area (TPSA) is 66.5 Å². The Bertz CT molecular complexity index is 739. The lowest BCUT2D eigenvalue weighted by Crippen LogP contribution is -2.44. The minimum atomic E-state index is -3.36. The Morgan fingerprint density at radius 3 is 2.75 bits per heavy atom. The third-order valence-electron chi connectivity index (χ3n) is 4.83. The molecule has 0 saturated carbocycles. The van der Waals surface area contributed by atoms with Crippen LogP contribution in [0.4, 0.5) is 0 Å². The van der Waals surface area contributed by atoms with Crippen LogP contribution in [0.5, 0.6) is 0 Å². The van der Waals surface area contributed by atoms with Crippen LogP contribution >= 0.6 is 24.0 Å². The van der Waals surface area contributed by atoms with Crippen LogP contribution in [-0.2, 0) is 14.6 Å². The maximum Gasteiger partial charge on any atom is 0.226 e. The molecule has 134 valence electrons. The summed E-state index contributed by atoms with van der Waals surface area (Å²) in [6.07, 6.45) is 1.57. The van der Waals surface area contributed by atoms with E-state index in [0.717, 1.165) is 19.4 Å². The number of piperidine rings is 1. The number of carbonyl (C=O) groups is 1. The molecular weight excluding hydrogens is 371 g/mol. The number of sulfone groups is 1. The largest absolute Gasteiger partial charge is 0.337 e. The molecule has 0 spiro atoms.